The van der Waals surface area contributed by atoms with Gasteiger partial charge in [-0.1, -0.05) is 102 Å². The Morgan fingerprint density at radius 1 is 0.341 bits per heavy atom. The number of thiophene rings is 6. The average molecular weight is 1790 g/mol. The van der Waals surface area contributed by atoms with Crippen LogP contribution in [-0.2, 0) is 44.8 Å². The fraction of sp³-hybridized carbons (Fsp3) is 0.280. The predicted octanol–water partition coefficient (Wildman–Crippen LogP) is 29.1. The number of allylic oxidation sites excluding steroid dienone is 3. The van der Waals surface area contributed by atoms with E-state index in [1.54, 1.807) is 86.2 Å². The summed E-state index contributed by atoms with van der Waals surface area (Å²) in [7, 11) is -0.766. The minimum absolute atomic E-state index is 0.0966. The van der Waals surface area contributed by atoms with Crippen molar-refractivity contribution in [2.24, 2.45) is 0 Å². The molecule has 10 aromatic heterocycles. The molecule has 0 bridgehead atoms. The fourth-order valence-corrected chi connectivity index (χ4v) is 22.7. The van der Waals surface area contributed by atoms with E-state index in [-0.39, 0.29) is 53.7 Å². The number of fused-ring (bicyclic) bond motifs is 12. The third-order valence-corrected chi connectivity index (χ3v) is 31.8. The molecule has 0 saturated carbocycles. The number of aromatic nitrogens is 4. The van der Waals surface area contributed by atoms with Crippen LogP contribution in [-0.4, -0.2) is 54.9 Å². The Bertz CT molecular complexity index is 6750. The van der Waals surface area contributed by atoms with Gasteiger partial charge < -0.3 is 36.9 Å². The van der Waals surface area contributed by atoms with Crippen molar-refractivity contribution < 1.29 is 18.6 Å². The first-order valence-corrected chi connectivity index (χ1v) is 47.5. The van der Waals surface area contributed by atoms with Crippen LogP contribution in [0.25, 0.3) is 170 Å². The van der Waals surface area contributed by atoms with Gasteiger partial charge in [-0.3, -0.25) is 0 Å². The number of rotatable bonds is 22. The Morgan fingerprint density at radius 3 is 0.886 bits per heavy atom. The molecular weight excluding hydrogens is 1700 g/mol. The average Bonchev–Trinajstić information content (AvgIpc) is 1.58. The highest BCUT2D eigenvalue weighted by Crippen LogP contribution is 2.47. The maximum Gasteiger partial charge on any atom is 0.494 e. The van der Waals surface area contributed by atoms with Gasteiger partial charge in [0, 0.05) is 167 Å². The zero-order valence-corrected chi connectivity index (χ0v) is 77.5. The van der Waals surface area contributed by atoms with Crippen molar-refractivity contribution in [2.75, 3.05) is 0 Å². The first kappa shape index (κ1) is 85.9. The fourth-order valence-electron chi connectivity index (χ4n) is 16.2. The predicted molar refractivity (Wildman–Crippen MR) is 525 cm³/mol. The van der Waals surface area contributed by atoms with Gasteiger partial charge in [0.2, 0.25) is 0 Å². The quantitative estimate of drug-likeness (QED) is 0.0374. The number of nitriles is 3. The molecule has 2 saturated heterocycles. The van der Waals surface area contributed by atoms with Gasteiger partial charge in [-0.2, -0.15) is 0 Å². The molecule has 0 atom stereocenters. The van der Waals surface area contributed by atoms with Gasteiger partial charge in [0.1, 0.15) is 0 Å². The zero-order chi connectivity index (χ0) is 86.4. The molecule has 12 heterocycles. The molecule has 614 valence electrons. The van der Waals surface area contributed by atoms with Crippen molar-refractivity contribution in [3.63, 3.8) is 0 Å². The summed E-state index contributed by atoms with van der Waals surface area (Å²) in [5.41, 5.74) is 13.5. The number of halogens is 1. The van der Waals surface area contributed by atoms with Crippen molar-refractivity contribution in [3.05, 3.63) is 240 Å². The lowest BCUT2D eigenvalue weighted by molar-refractivity contribution is 0.00578. The lowest BCUT2D eigenvalue weighted by atomic mass is 9.78. The molecule has 23 heteroatoms. The number of benzene rings is 6. The molecule has 0 amide bonds. The Labute approximate surface area is 751 Å². The molecule has 2 aliphatic heterocycles. The van der Waals surface area contributed by atoms with Crippen molar-refractivity contribution in [2.45, 2.75) is 183 Å². The van der Waals surface area contributed by atoms with Gasteiger partial charge in [0.25, 0.3) is 17.1 Å². The summed E-state index contributed by atoms with van der Waals surface area (Å²) in [4.78, 5) is 21.9. The van der Waals surface area contributed by atoms with Crippen molar-refractivity contribution >= 4 is 215 Å². The molecule has 6 aromatic carbocycles. The highest BCUT2D eigenvalue weighted by molar-refractivity contribution is 9.11. The molecule has 123 heavy (non-hydrogen) atoms. The lowest BCUT2D eigenvalue weighted by Gasteiger charge is -2.32. The molecule has 0 aliphatic carbocycles. The SMILES string of the molecule is CCCCn1c2cc(B3OC(C)(C)C(C)(C)O3)ccc2c2cc3c(cc21)c1ccc(B2OC(C)(C)C(C)(C)O2)cc1n3CCCC.[C-]#[N+]/C(C#N)=C\c1ccc(-c2ccc(-c3ccc4c5cc6c(cc5n(CCCC)c4c3)c3ccc(-c4ccc(-c5ccc(/C=C(/C#N)[N+]#[C-])s5)s4)cc3n6CCCC)s2)s1.[C-]#[N+]/C(C#N)=C\c1ccc(-c2ccc(Br)s2)s1. The van der Waals surface area contributed by atoms with E-state index >= 15 is 0 Å². The zero-order valence-electron chi connectivity index (χ0n) is 71.0. The van der Waals surface area contributed by atoms with Gasteiger partial charge in [0.05, 0.1) is 64.1 Å². The first-order valence-electron chi connectivity index (χ1n) is 41.8. The Morgan fingerprint density at radius 2 is 0.602 bits per heavy atom. The highest BCUT2D eigenvalue weighted by Gasteiger charge is 2.53. The van der Waals surface area contributed by atoms with Crippen molar-refractivity contribution in [1.29, 1.82) is 15.8 Å². The molecule has 0 radical (unpaired) electrons. The number of aryl methyl sites for hydroxylation is 4. The van der Waals surface area contributed by atoms with Gasteiger partial charge in [-0.05, 0) is 259 Å². The molecule has 16 aromatic rings. The minimum Gasteiger partial charge on any atom is -0.399 e. The Balaban J connectivity index is 0.000000156. The highest BCUT2D eigenvalue weighted by atomic mass is 79.9. The monoisotopic (exact) mass is 1790 g/mol. The first-order chi connectivity index (χ1) is 59.3. The van der Waals surface area contributed by atoms with E-state index in [0.29, 0.717) is 0 Å². The van der Waals surface area contributed by atoms with Crippen LogP contribution in [0.2, 0.25) is 0 Å². The van der Waals surface area contributed by atoms with E-state index in [1.807, 2.05) is 54.6 Å². The van der Waals surface area contributed by atoms with Gasteiger partial charge in [-0.15, -0.1) is 68.0 Å². The molecule has 18 rings (SSSR count). The topological polar surface area (TPSA) is 141 Å². The summed E-state index contributed by atoms with van der Waals surface area (Å²) in [5, 5.41) is 37.4. The second-order valence-corrected chi connectivity index (χ2v) is 41.3. The van der Waals surface area contributed by atoms with Gasteiger partial charge >= 0.3 is 14.2 Å². The van der Waals surface area contributed by atoms with Crippen molar-refractivity contribution in [1.82, 2.24) is 18.3 Å². The van der Waals surface area contributed by atoms with Crippen molar-refractivity contribution in [3.8, 4) is 68.4 Å². The van der Waals surface area contributed by atoms with E-state index in [0.717, 1.165) is 122 Å². The van der Waals surface area contributed by atoms with Crippen LogP contribution in [0.3, 0.4) is 0 Å². The summed E-state index contributed by atoms with van der Waals surface area (Å²) in [5.74, 6) is 0. The molecular formula is C100H91B2BrN10O4S6. The van der Waals surface area contributed by atoms with Gasteiger partial charge in [-0.25, -0.2) is 30.3 Å². The summed E-state index contributed by atoms with van der Waals surface area (Å²) >= 11 is 13.4. The minimum atomic E-state index is -0.383. The molecule has 2 fully saturated rings. The third kappa shape index (κ3) is 16.8. The van der Waals surface area contributed by atoms with E-state index < -0.39 is 0 Å². The van der Waals surface area contributed by atoms with Crippen LogP contribution >= 0.6 is 84.0 Å². The molecule has 2 aliphatic rings. The van der Waals surface area contributed by atoms with Crippen LogP contribution in [0.1, 0.15) is 149 Å². The second kappa shape index (κ2) is 35.5. The molecule has 0 N–H and O–H groups in total. The summed E-state index contributed by atoms with van der Waals surface area (Å²) < 4.78 is 37.1. The van der Waals surface area contributed by atoms with E-state index in [4.69, 9.17) is 43.6 Å². The van der Waals surface area contributed by atoms with Crippen LogP contribution in [0, 0.1) is 53.7 Å². The largest absolute Gasteiger partial charge is 0.494 e. The van der Waals surface area contributed by atoms with E-state index in [2.05, 4.69) is 265 Å². The molecule has 0 unspecified atom stereocenters. The van der Waals surface area contributed by atoms with Crippen LogP contribution in [0.5, 0.6) is 0 Å². The van der Waals surface area contributed by atoms with Crippen LogP contribution < -0.4 is 10.9 Å². The summed E-state index contributed by atoms with van der Waals surface area (Å²) in [6.07, 6.45) is 13.8. The summed E-state index contributed by atoms with van der Waals surface area (Å²) in [6.45, 7) is 51.1. The standard InChI is InChI=1S/C50H36N6S4.C38H50B2N2O4.C12H5BrN2S2/c1-5-7-21-55-41-23-31(45-17-19-49(59-45)47-15-11-35(57-47)25-33(29-51)53-3)9-13-37(41)39-28-44-40(27-43(39)55)38-14-10-32(24-42(38)56(44)22-8-6-2)46-18-20-50(60-46)48-16-12-36(58-48)26-34(30-52)54-4;1-11-13-19-41-31-21-25(39-43-35(3,4)36(5,6)44-39)15-17-27(31)29-24-34-30(23-33(29)41)28-18-16-26(22-32(28)42(34)20-14-12-2)40-45-37(7,8)38(9,10)46-40;1-15-8(7-14)6-9-2-3-10(16-9)11-4-5-12(13)17-11/h9-20,23-28H,5-8,21-22H2,1-2H3;15-18,21-24H,11-14,19-20H2,1-10H3;2-6H/b33-25-,34-26-;;8-6-. The van der Waals surface area contributed by atoms with E-state index in [1.165, 1.54) is 123 Å². The maximum atomic E-state index is 9.21. The molecule has 14 nitrogen and oxygen atoms in total. The van der Waals surface area contributed by atoms with Gasteiger partial charge in [0.15, 0.2) is 0 Å². The summed E-state index contributed by atoms with van der Waals surface area (Å²) in [6, 6.07) is 67.9. The number of nitrogens with zero attached hydrogens (tertiary/aromatic N) is 10. The van der Waals surface area contributed by atoms with E-state index in [9.17, 15) is 10.5 Å². The Hall–Kier alpha value is -10.7. The third-order valence-electron chi connectivity index (χ3n) is 24.3. The molecule has 0 spiro atoms. The smallest absolute Gasteiger partial charge is 0.399 e. The maximum absolute atomic E-state index is 9.21. The normalized spacial score (nSPS) is 15.0. The lowest BCUT2D eigenvalue weighted by Crippen LogP contribution is -2.41. The second-order valence-electron chi connectivity index (χ2n) is 33.3. The number of hydrogen-bond donors (Lipinski definition) is 0. The number of unbranched alkanes of at least 4 members (excludes halogenated alkanes) is 4. The number of hydrogen-bond acceptors (Lipinski definition) is 13. The van der Waals surface area contributed by atoms with Crippen LogP contribution in [0.4, 0.5) is 0 Å². The Kier molecular flexibility index (Phi) is 24.8. The van der Waals surface area contributed by atoms with Crippen LogP contribution in [0.15, 0.2) is 191 Å².